The van der Waals surface area contributed by atoms with Crippen molar-refractivity contribution in [2.24, 2.45) is 10.8 Å². The SMILES string of the molecule is CCC(C)(C)C1(C)CCC1. The van der Waals surface area contributed by atoms with Gasteiger partial charge in [-0.2, -0.15) is 0 Å². The highest BCUT2D eigenvalue weighted by Gasteiger charge is 2.43. The van der Waals surface area contributed by atoms with E-state index < -0.39 is 0 Å². The van der Waals surface area contributed by atoms with Gasteiger partial charge in [-0.3, -0.25) is 0 Å². The Morgan fingerprint density at radius 2 is 1.80 bits per heavy atom. The van der Waals surface area contributed by atoms with Crippen LogP contribution in [0.1, 0.15) is 53.4 Å². The molecule has 1 fully saturated rings. The Bertz CT molecular complexity index is 108. The molecule has 0 N–H and O–H groups in total. The lowest BCUT2D eigenvalue weighted by molar-refractivity contribution is 0.000418. The summed E-state index contributed by atoms with van der Waals surface area (Å²) in [5.41, 5.74) is 1.24. The van der Waals surface area contributed by atoms with E-state index in [-0.39, 0.29) is 0 Å². The first-order valence-electron chi connectivity index (χ1n) is 4.52. The molecule has 1 aliphatic rings. The molecule has 0 aromatic heterocycles. The van der Waals surface area contributed by atoms with Gasteiger partial charge in [-0.05, 0) is 23.7 Å². The zero-order valence-electron chi connectivity index (χ0n) is 7.83. The van der Waals surface area contributed by atoms with Gasteiger partial charge in [0, 0.05) is 0 Å². The van der Waals surface area contributed by atoms with E-state index in [2.05, 4.69) is 27.7 Å². The van der Waals surface area contributed by atoms with Gasteiger partial charge in [0.25, 0.3) is 0 Å². The average molecular weight is 140 g/mol. The van der Waals surface area contributed by atoms with Gasteiger partial charge in [-0.25, -0.2) is 0 Å². The Labute approximate surface area is 65.0 Å². The first kappa shape index (κ1) is 8.10. The molecule has 0 bridgehead atoms. The lowest BCUT2D eigenvalue weighted by Gasteiger charge is -2.51. The molecule has 0 nitrogen and oxygen atoms in total. The molecule has 0 atom stereocenters. The Hall–Kier alpha value is 0. The van der Waals surface area contributed by atoms with Crippen molar-refractivity contribution in [1.82, 2.24) is 0 Å². The maximum atomic E-state index is 2.44. The van der Waals surface area contributed by atoms with Crippen LogP contribution in [0.25, 0.3) is 0 Å². The topological polar surface area (TPSA) is 0 Å². The highest BCUT2D eigenvalue weighted by molar-refractivity contribution is 4.94. The van der Waals surface area contributed by atoms with Crippen molar-refractivity contribution < 1.29 is 0 Å². The van der Waals surface area contributed by atoms with E-state index in [1.165, 1.54) is 25.7 Å². The molecule has 0 aromatic carbocycles. The van der Waals surface area contributed by atoms with E-state index in [4.69, 9.17) is 0 Å². The zero-order valence-corrected chi connectivity index (χ0v) is 7.83. The van der Waals surface area contributed by atoms with Crippen molar-refractivity contribution >= 4 is 0 Å². The number of hydrogen-bond donors (Lipinski definition) is 0. The van der Waals surface area contributed by atoms with Crippen LogP contribution in [-0.2, 0) is 0 Å². The third-order valence-corrected chi connectivity index (χ3v) is 3.97. The summed E-state index contributed by atoms with van der Waals surface area (Å²) in [7, 11) is 0. The van der Waals surface area contributed by atoms with Gasteiger partial charge in [0.05, 0.1) is 0 Å². The molecule has 1 saturated carbocycles. The van der Waals surface area contributed by atoms with Crippen molar-refractivity contribution in [2.45, 2.75) is 53.4 Å². The van der Waals surface area contributed by atoms with E-state index in [1.807, 2.05) is 0 Å². The van der Waals surface area contributed by atoms with Crippen LogP contribution < -0.4 is 0 Å². The highest BCUT2D eigenvalue weighted by atomic mass is 14.5. The lowest BCUT2D eigenvalue weighted by atomic mass is 9.55. The summed E-state index contributed by atoms with van der Waals surface area (Å²) in [5.74, 6) is 0. The largest absolute Gasteiger partial charge is 0.0649 e. The fraction of sp³-hybridized carbons (Fsp3) is 1.00. The van der Waals surface area contributed by atoms with Gasteiger partial charge >= 0.3 is 0 Å². The van der Waals surface area contributed by atoms with Crippen molar-refractivity contribution in [3.8, 4) is 0 Å². The van der Waals surface area contributed by atoms with Crippen LogP contribution in [-0.4, -0.2) is 0 Å². The summed E-state index contributed by atoms with van der Waals surface area (Å²) in [6.45, 7) is 9.57. The number of rotatable bonds is 2. The molecule has 60 valence electrons. The standard InChI is InChI=1S/C10H20/c1-5-9(2,3)10(4)7-6-8-10/h5-8H2,1-4H3. The molecule has 0 heteroatoms. The molecule has 1 rings (SSSR count). The minimum atomic E-state index is 0.575. The van der Waals surface area contributed by atoms with Crippen LogP contribution >= 0.6 is 0 Å². The Morgan fingerprint density at radius 3 is 1.90 bits per heavy atom. The minimum absolute atomic E-state index is 0.575. The van der Waals surface area contributed by atoms with Crippen LogP contribution in [0, 0.1) is 10.8 Å². The molecule has 0 aliphatic heterocycles. The van der Waals surface area contributed by atoms with Gasteiger partial charge in [-0.1, -0.05) is 40.5 Å². The summed E-state index contributed by atoms with van der Waals surface area (Å²) in [5, 5.41) is 0. The monoisotopic (exact) mass is 140 g/mol. The van der Waals surface area contributed by atoms with E-state index in [1.54, 1.807) is 0 Å². The summed E-state index contributed by atoms with van der Waals surface area (Å²) < 4.78 is 0. The molecule has 1 aliphatic carbocycles. The van der Waals surface area contributed by atoms with Gasteiger partial charge in [0.15, 0.2) is 0 Å². The first-order valence-corrected chi connectivity index (χ1v) is 4.52. The predicted molar refractivity (Wildman–Crippen MR) is 46.0 cm³/mol. The van der Waals surface area contributed by atoms with E-state index in [9.17, 15) is 0 Å². The summed E-state index contributed by atoms with van der Waals surface area (Å²) >= 11 is 0. The quantitative estimate of drug-likeness (QED) is 0.549. The second-order valence-corrected chi connectivity index (χ2v) is 4.65. The second-order valence-electron chi connectivity index (χ2n) is 4.65. The molecule has 0 saturated heterocycles. The zero-order chi connectivity index (χ0) is 7.83. The molecule has 0 amide bonds. The smallest absolute Gasteiger partial charge is 0.0275 e. The van der Waals surface area contributed by atoms with E-state index >= 15 is 0 Å². The molecule has 0 heterocycles. The summed E-state index contributed by atoms with van der Waals surface area (Å²) in [4.78, 5) is 0. The average Bonchev–Trinajstić information content (AvgIpc) is 1.82. The van der Waals surface area contributed by atoms with Crippen LogP contribution in [0.5, 0.6) is 0 Å². The molecule has 10 heavy (non-hydrogen) atoms. The van der Waals surface area contributed by atoms with Crippen molar-refractivity contribution in [3.63, 3.8) is 0 Å². The maximum absolute atomic E-state index is 2.44. The van der Waals surface area contributed by atoms with Crippen molar-refractivity contribution in [2.75, 3.05) is 0 Å². The van der Waals surface area contributed by atoms with Crippen LogP contribution in [0.3, 0.4) is 0 Å². The highest BCUT2D eigenvalue weighted by Crippen LogP contribution is 2.54. The van der Waals surface area contributed by atoms with Crippen molar-refractivity contribution in [3.05, 3.63) is 0 Å². The molecule has 0 radical (unpaired) electrons. The first-order chi connectivity index (χ1) is 4.52. The van der Waals surface area contributed by atoms with Crippen LogP contribution in [0.4, 0.5) is 0 Å². The van der Waals surface area contributed by atoms with Crippen LogP contribution in [0.15, 0.2) is 0 Å². The molecule has 0 aromatic rings. The fourth-order valence-corrected chi connectivity index (χ4v) is 1.81. The summed E-state index contributed by atoms with van der Waals surface area (Å²) in [6.07, 6.45) is 5.69. The molecule has 0 unspecified atom stereocenters. The Morgan fingerprint density at radius 1 is 1.30 bits per heavy atom. The van der Waals surface area contributed by atoms with Crippen molar-refractivity contribution in [1.29, 1.82) is 0 Å². The van der Waals surface area contributed by atoms with Gasteiger partial charge < -0.3 is 0 Å². The van der Waals surface area contributed by atoms with Crippen LogP contribution in [0.2, 0.25) is 0 Å². The molecular weight excluding hydrogens is 120 g/mol. The minimum Gasteiger partial charge on any atom is -0.0649 e. The molecular formula is C10H20. The number of hydrogen-bond acceptors (Lipinski definition) is 0. The molecule has 0 spiro atoms. The van der Waals surface area contributed by atoms with E-state index in [0.717, 1.165) is 0 Å². The second kappa shape index (κ2) is 2.25. The predicted octanol–water partition coefficient (Wildman–Crippen LogP) is 3.61. The fourth-order valence-electron chi connectivity index (χ4n) is 1.81. The van der Waals surface area contributed by atoms with Gasteiger partial charge in [-0.15, -0.1) is 0 Å². The third-order valence-electron chi connectivity index (χ3n) is 3.97. The van der Waals surface area contributed by atoms with Gasteiger partial charge in [0.1, 0.15) is 0 Å². The normalized spacial score (nSPS) is 24.0. The maximum Gasteiger partial charge on any atom is -0.0275 e. The Balaban J connectivity index is 2.61. The third kappa shape index (κ3) is 0.980. The van der Waals surface area contributed by atoms with Gasteiger partial charge in [0.2, 0.25) is 0 Å². The Kier molecular flexibility index (Phi) is 1.82. The summed E-state index contributed by atoms with van der Waals surface area (Å²) in [6, 6.07) is 0. The lowest BCUT2D eigenvalue weighted by Crippen LogP contribution is -2.40. The van der Waals surface area contributed by atoms with E-state index in [0.29, 0.717) is 10.8 Å².